The van der Waals surface area contributed by atoms with Gasteiger partial charge in [0.1, 0.15) is 5.69 Å². The molecule has 0 aliphatic heterocycles. The van der Waals surface area contributed by atoms with Crippen LogP contribution in [0.5, 0.6) is 5.75 Å². The highest BCUT2D eigenvalue weighted by Gasteiger charge is 2.12. The van der Waals surface area contributed by atoms with Crippen LogP contribution >= 0.6 is 0 Å². The van der Waals surface area contributed by atoms with Crippen molar-refractivity contribution in [2.45, 2.75) is 13.8 Å². The molecule has 7 nitrogen and oxygen atoms in total. The van der Waals surface area contributed by atoms with E-state index in [1.165, 1.54) is 31.2 Å². The van der Waals surface area contributed by atoms with Gasteiger partial charge in [-0.15, -0.1) is 5.11 Å². The first-order chi connectivity index (χ1) is 10.4. The lowest BCUT2D eigenvalue weighted by Gasteiger charge is -2.05. The summed E-state index contributed by atoms with van der Waals surface area (Å²) < 4.78 is 0. The Kier molecular flexibility index (Phi) is 4.26. The number of hydrogen-bond acceptors (Lipinski definition) is 6. The maximum absolute atomic E-state index is 11.5. The monoisotopic (exact) mass is 299 g/mol. The van der Waals surface area contributed by atoms with Crippen LogP contribution in [0, 0.1) is 17.0 Å². The van der Waals surface area contributed by atoms with E-state index in [1.807, 2.05) is 0 Å². The number of benzene rings is 2. The highest BCUT2D eigenvalue weighted by Crippen LogP contribution is 2.33. The fourth-order valence-electron chi connectivity index (χ4n) is 1.86. The van der Waals surface area contributed by atoms with Gasteiger partial charge >= 0.3 is 0 Å². The number of aryl methyl sites for hydroxylation is 1. The van der Waals surface area contributed by atoms with Gasteiger partial charge in [0.25, 0.3) is 5.69 Å². The summed E-state index contributed by atoms with van der Waals surface area (Å²) in [5, 5.41) is 28.4. The molecule has 0 bridgehead atoms. The highest BCUT2D eigenvalue weighted by molar-refractivity contribution is 5.98. The van der Waals surface area contributed by atoms with Crippen LogP contribution in [0.1, 0.15) is 22.8 Å². The van der Waals surface area contributed by atoms with Gasteiger partial charge in [-0.3, -0.25) is 14.9 Å². The normalized spacial score (nSPS) is 10.8. The van der Waals surface area contributed by atoms with E-state index in [4.69, 9.17) is 0 Å². The summed E-state index contributed by atoms with van der Waals surface area (Å²) in [6, 6.07) is 8.68. The lowest BCUT2D eigenvalue weighted by atomic mass is 10.1. The average molecular weight is 299 g/mol. The summed E-state index contributed by atoms with van der Waals surface area (Å²) in [6.45, 7) is 3.13. The van der Waals surface area contributed by atoms with E-state index in [1.54, 1.807) is 19.1 Å². The Bertz CT molecular complexity index is 767. The fraction of sp³-hybridized carbons (Fsp3) is 0.133. The molecule has 0 heterocycles. The molecule has 0 saturated carbocycles. The number of carbonyl (C=O) groups excluding carboxylic acids is 1. The summed E-state index contributed by atoms with van der Waals surface area (Å²) >= 11 is 0. The molecule has 0 spiro atoms. The smallest absolute Gasteiger partial charge is 0.269 e. The van der Waals surface area contributed by atoms with Crippen molar-refractivity contribution in [2.24, 2.45) is 10.2 Å². The van der Waals surface area contributed by atoms with Gasteiger partial charge in [-0.05, 0) is 43.7 Å². The van der Waals surface area contributed by atoms with Gasteiger partial charge in [-0.25, -0.2) is 0 Å². The van der Waals surface area contributed by atoms with Gasteiger partial charge in [-0.1, -0.05) is 0 Å². The predicted octanol–water partition coefficient (Wildman–Crippen LogP) is 4.23. The van der Waals surface area contributed by atoms with Crippen molar-refractivity contribution in [3.8, 4) is 5.75 Å². The molecule has 112 valence electrons. The minimum absolute atomic E-state index is 0.0452. The standard InChI is InChI=1S/C15H13N3O4/c1-9-7-13(10(2)19)15(20)14(8-9)17-16-11-3-5-12(6-4-11)18(21)22/h3-8,20H,1-2H3. The molecule has 0 aromatic heterocycles. The number of nitrogens with zero attached hydrogens (tertiary/aromatic N) is 3. The van der Waals surface area contributed by atoms with E-state index in [-0.39, 0.29) is 28.5 Å². The topological polar surface area (TPSA) is 105 Å². The zero-order valence-electron chi connectivity index (χ0n) is 12.0. The first-order valence-corrected chi connectivity index (χ1v) is 6.39. The second kappa shape index (κ2) is 6.13. The predicted molar refractivity (Wildman–Crippen MR) is 80.1 cm³/mol. The maximum Gasteiger partial charge on any atom is 0.269 e. The van der Waals surface area contributed by atoms with E-state index < -0.39 is 4.92 Å². The van der Waals surface area contributed by atoms with Gasteiger partial charge in [0.2, 0.25) is 0 Å². The third-order valence-electron chi connectivity index (χ3n) is 2.95. The van der Waals surface area contributed by atoms with E-state index in [0.29, 0.717) is 5.69 Å². The molecule has 0 radical (unpaired) electrons. The van der Waals surface area contributed by atoms with Gasteiger partial charge in [-0.2, -0.15) is 5.11 Å². The van der Waals surface area contributed by atoms with Crippen molar-refractivity contribution >= 4 is 22.8 Å². The Morgan fingerprint density at radius 3 is 2.36 bits per heavy atom. The lowest BCUT2D eigenvalue weighted by Crippen LogP contribution is -1.93. The zero-order chi connectivity index (χ0) is 16.3. The van der Waals surface area contributed by atoms with Crippen LogP contribution in [0.4, 0.5) is 17.1 Å². The molecule has 0 atom stereocenters. The van der Waals surface area contributed by atoms with Crippen molar-refractivity contribution in [1.82, 2.24) is 0 Å². The van der Waals surface area contributed by atoms with Gasteiger partial charge in [0.05, 0.1) is 16.2 Å². The number of aromatic hydroxyl groups is 1. The van der Waals surface area contributed by atoms with Crippen molar-refractivity contribution in [3.63, 3.8) is 0 Å². The number of azo groups is 1. The number of Topliss-reactive ketones (excluding diaryl/α,β-unsaturated/α-hetero) is 1. The van der Waals surface area contributed by atoms with E-state index in [0.717, 1.165) is 5.56 Å². The fourth-order valence-corrected chi connectivity index (χ4v) is 1.86. The van der Waals surface area contributed by atoms with Crippen LogP contribution in [0.15, 0.2) is 46.6 Å². The molecule has 0 aliphatic carbocycles. The Morgan fingerprint density at radius 2 is 1.82 bits per heavy atom. The first kappa shape index (κ1) is 15.3. The number of phenolic OH excluding ortho intramolecular Hbond substituents is 1. The summed E-state index contributed by atoms with van der Waals surface area (Å²) in [4.78, 5) is 21.5. The van der Waals surface area contributed by atoms with Gasteiger partial charge in [0.15, 0.2) is 11.5 Å². The molecule has 7 heteroatoms. The van der Waals surface area contributed by atoms with Crippen molar-refractivity contribution < 1.29 is 14.8 Å². The number of carbonyl (C=O) groups is 1. The number of nitro benzene ring substituents is 1. The Balaban J connectivity index is 2.34. The quantitative estimate of drug-likeness (QED) is 0.394. The first-order valence-electron chi connectivity index (χ1n) is 6.39. The SMILES string of the molecule is CC(=O)c1cc(C)cc(N=Nc2ccc([N+](=O)[O-])cc2)c1O. The van der Waals surface area contributed by atoms with Crippen LogP contribution < -0.4 is 0 Å². The Hall–Kier alpha value is -3.09. The molecular formula is C15H13N3O4. The summed E-state index contributed by atoms with van der Waals surface area (Å²) in [5.41, 5.74) is 1.47. The third kappa shape index (κ3) is 3.32. The summed E-state index contributed by atoms with van der Waals surface area (Å²) in [6.07, 6.45) is 0. The van der Waals surface area contributed by atoms with Crippen LogP contribution in [0.2, 0.25) is 0 Å². The minimum atomic E-state index is -0.507. The van der Waals surface area contributed by atoms with Crippen LogP contribution in [0.3, 0.4) is 0 Å². The maximum atomic E-state index is 11.5. The summed E-state index contributed by atoms with van der Waals surface area (Å²) in [7, 11) is 0. The van der Waals surface area contributed by atoms with Crippen LogP contribution in [0.25, 0.3) is 0 Å². The number of non-ortho nitro benzene ring substituents is 1. The van der Waals surface area contributed by atoms with Crippen LogP contribution in [-0.4, -0.2) is 15.8 Å². The molecule has 2 rings (SSSR count). The molecule has 0 unspecified atom stereocenters. The number of ketones is 1. The van der Waals surface area contributed by atoms with E-state index >= 15 is 0 Å². The van der Waals surface area contributed by atoms with Gasteiger partial charge < -0.3 is 5.11 Å². The molecule has 0 aliphatic rings. The minimum Gasteiger partial charge on any atom is -0.505 e. The summed E-state index contributed by atoms with van der Waals surface area (Å²) in [5.74, 6) is -0.503. The second-order valence-corrected chi connectivity index (χ2v) is 4.71. The molecule has 1 N–H and O–H groups in total. The number of rotatable bonds is 4. The van der Waals surface area contributed by atoms with E-state index in [9.17, 15) is 20.0 Å². The van der Waals surface area contributed by atoms with E-state index in [2.05, 4.69) is 10.2 Å². The molecule has 22 heavy (non-hydrogen) atoms. The van der Waals surface area contributed by atoms with Crippen molar-refractivity contribution in [2.75, 3.05) is 0 Å². The third-order valence-corrected chi connectivity index (χ3v) is 2.95. The molecule has 2 aromatic rings. The second-order valence-electron chi connectivity index (χ2n) is 4.71. The largest absolute Gasteiger partial charge is 0.505 e. The Labute approximate surface area is 126 Å². The van der Waals surface area contributed by atoms with Crippen LogP contribution in [-0.2, 0) is 0 Å². The number of hydrogen-bond donors (Lipinski definition) is 1. The molecule has 2 aromatic carbocycles. The molecular weight excluding hydrogens is 286 g/mol. The molecule has 0 amide bonds. The highest BCUT2D eigenvalue weighted by atomic mass is 16.6. The lowest BCUT2D eigenvalue weighted by molar-refractivity contribution is -0.384. The molecule has 0 saturated heterocycles. The Morgan fingerprint density at radius 1 is 1.18 bits per heavy atom. The molecule has 0 fully saturated rings. The number of phenols is 1. The zero-order valence-corrected chi connectivity index (χ0v) is 12.0. The van der Waals surface area contributed by atoms with Gasteiger partial charge in [0, 0.05) is 12.1 Å². The number of nitro groups is 1. The van der Waals surface area contributed by atoms with Crippen molar-refractivity contribution in [3.05, 3.63) is 57.6 Å². The van der Waals surface area contributed by atoms with Crippen molar-refractivity contribution in [1.29, 1.82) is 0 Å². The average Bonchev–Trinajstić information content (AvgIpc) is 2.47.